The molecular formula is C25H18O2. The highest BCUT2D eigenvalue weighted by atomic mass is 16.5. The van der Waals surface area contributed by atoms with Gasteiger partial charge >= 0.3 is 0 Å². The summed E-state index contributed by atoms with van der Waals surface area (Å²) in [6.45, 7) is 0. The standard InChI is InChI=1S/C25H18O2/c26-23-17-25(19-11-2-1-3-12-19,27-24-16-7-6-14-21(23)24)22-15-8-10-18-9-4-5-13-20(18)22/h1-16H,17H2. The van der Waals surface area contributed by atoms with Gasteiger partial charge in [0, 0.05) is 11.1 Å². The molecule has 0 spiro atoms. The lowest BCUT2D eigenvalue weighted by Crippen LogP contribution is -2.40. The normalized spacial score (nSPS) is 18.7. The van der Waals surface area contributed by atoms with E-state index in [-0.39, 0.29) is 12.2 Å². The minimum atomic E-state index is -0.840. The SMILES string of the molecule is O=C1CC(c2ccccc2)(c2cccc3ccccc23)Oc2ccccc21. The van der Waals surface area contributed by atoms with E-state index in [0.717, 1.165) is 21.9 Å². The number of Topliss-reactive ketones (excluding diaryl/α,β-unsaturated/α-hetero) is 1. The molecule has 1 atom stereocenters. The zero-order valence-corrected chi connectivity index (χ0v) is 14.8. The van der Waals surface area contributed by atoms with Gasteiger partial charge in [-0.25, -0.2) is 0 Å². The first kappa shape index (κ1) is 15.8. The fourth-order valence-electron chi connectivity index (χ4n) is 4.08. The lowest BCUT2D eigenvalue weighted by Gasteiger charge is -2.39. The van der Waals surface area contributed by atoms with Crippen LogP contribution in [0.25, 0.3) is 10.8 Å². The Morgan fingerprint density at radius 3 is 2.30 bits per heavy atom. The van der Waals surface area contributed by atoms with E-state index in [1.165, 1.54) is 0 Å². The van der Waals surface area contributed by atoms with Gasteiger partial charge in [0.25, 0.3) is 0 Å². The summed E-state index contributed by atoms with van der Waals surface area (Å²) in [5.41, 5.74) is 1.83. The van der Waals surface area contributed by atoms with Crippen molar-refractivity contribution in [3.8, 4) is 5.75 Å². The molecule has 1 aliphatic heterocycles. The van der Waals surface area contributed by atoms with Crippen LogP contribution in [0, 0.1) is 0 Å². The predicted octanol–water partition coefficient (Wildman–Crippen LogP) is 5.75. The van der Waals surface area contributed by atoms with E-state index >= 15 is 0 Å². The highest BCUT2D eigenvalue weighted by molar-refractivity contribution is 6.01. The molecule has 2 heteroatoms. The van der Waals surface area contributed by atoms with Gasteiger partial charge in [-0.1, -0.05) is 84.9 Å². The number of ketones is 1. The molecule has 0 saturated heterocycles. The lowest BCUT2D eigenvalue weighted by atomic mass is 9.77. The highest BCUT2D eigenvalue weighted by Gasteiger charge is 2.44. The Kier molecular flexibility index (Phi) is 3.58. The molecule has 0 amide bonds. The molecule has 0 aliphatic carbocycles. The minimum absolute atomic E-state index is 0.105. The van der Waals surface area contributed by atoms with Crippen molar-refractivity contribution in [2.24, 2.45) is 0 Å². The maximum Gasteiger partial charge on any atom is 0.171 e. The van der Waals surface area contributed by atoms with E-state index in [1.54, 1.807) is 0 Å². The van der Waals surface area contributed by atoms with Gasteiger partial charge in [0.1, 0.15) is 5.75 Å². The number of benzene rings is 4. The highest BCUT2D eigenvalue weighted by Crippen LogP contribution is 2.46. The zero-order chi connectivity index (χ0) is 18.3. The summed E-state index contributed by atoms with van der Waals surface area (Å²) in [7, 11) is 0. The van der Waals surface area contributed by atoms with Gasteiger partial charge in [0.2, 0.25) is 0 Å². The Hall–Kier alpha value is -3.39. The van der Waals surface area contributed by atoms with Crippen molar-refractivity contribution in [2.75, 3.05) is 0 Å². The third-order valence-electron chi connectivity index (χ3n) is 5.35. The van der Waals surface area contributed by atoms with Crippen LogP contribution >= 0.6 is 0 Å². The van der Waals surface area contributed by atoms with E-state index in [4.69, 9.17) is 4.74 Å². The van der Waals surface area contributed by atoms with Crippen LogP contribution in [0.4, 0.5) is 0 Å². The molecule has 1 unspecified atom stereocenters. The van der Waals surface area contributed by atoms with Crippen molar-refractivity contribution in [2.45, 2.75) is 12.0 Å². The topological polar surface area (TPSA) is 26.3 Å². The minimum Gasteiger partial charge on any atom is -0.477 e. The fraction of sp³-hybridized carbons (Fsp3) is 0.0800. The smallest absolute Gasteiger partial charge is 0.171 e. The zero-order valence-electron chi connectivity index (χ0n) is 14.8. The average Bonchev–Trinajstić information content (AvgIpc) is 2.74. The number of ether oxygens (including phenoxy) is 1. The van der Waals surface area contributed by atoms with Crippen molar-refractivity contribution in [1.29, 1.82) is 0 Å². The summed E-state index contributed by atoms with van der Waals surface area (Å²) in [5, 5.41) is 2.25. The first-order chi connectivity index (χ1) is 13.3. The molecule has 0 bridgehead atoms. The monoisotopic (exact) mass is 350 g/mol. The summed E-state index contributed by atoms with van der Waals surface area (Å²) in [5.74, 6) is 0.749. The number of fused-ring (bicyclic) bond motifs is 2. The molecule has 1 heterocycles. The molecule has 0 radical (unpaired) electrons. The third kappa shape index (κ3) is 2.45. The van der Waals surface area contributed by atoms with Crippen LogP contribution in [0.2, 0.25) is 0 Å². The molecule has 0 N–H and O–H groups in total. The molecular weight excluding hydrogens is 332 g/mol. The summed E-state index contributed by atoms with van der Waals surface area (Å²) < 4.78 is 6.65. The second-order valence-electron chi connectivity index (χ2n) is 6.92. The van der Waals surface area contributed by atoms with Gasteiger partial charge < -0.3 is 4.74 Å². The first-order valence-electron chi connectivity index (χ1n) is 9.13. The molecule has 4 aromatic rings. The largest absolute Gasteiger partial charge is 0.477 e. The molecule has 0 fully saturated rings. The van der Waals surface area contributed by atoms with E-state index < -0.39 is 5.60 Å². The van der Waals surface area contributed by atoms with Gasteiger partial charge in [-0.15, -0.1) is 0 Å². The van der Waals surface area contributed by atoms with Crippen LogP contribution < -0.4 is 4.74 Å². The van der Waals surface area contributed by atoms with Crippen molar-refractivity contribution < 1.29 is 9.53 Å². The number of rotatable bonds is 2. The molecule has 2 nitrogen and oxygen atoms in total. The molecule has 1 aliphatic rings. The molecule has 130 valence electrons. The van der Waals surface area contributed by atoms with Crippen LogP contribution in [-0.2, 0) is 5.60 Å². The van der Waals surface area contributed by atoms with E-state index in [1.807, 2.05) is 72.8 Å². The summed E-state index contributed by atoms with van der Waals surface area (Å²) in [6, 6.07) is 32.1. The van der Waals surface area contributed by atoms with Crippen LogP contribution in [0.3, 0.4) is 0 Å². The molecule has 0 saturated carbocycles. The van der Waals surface area contributed by atoms with E-state index in [2.05, 4.69) is 24.3 Å². The Labute approximate surface area is 158 Å². The summed E-state index contributed by atoms with van der Waals surface area (Å²) in [4.78, 5) is 13.1. The molecule has 5 rings (SSSR count). The van der Waals surface area contributed by atoms with Crippen molar-refractivity contribution in [3.05, 3.63) is 114 Å². The lowest BCUT2D eigenvalue weighted by molar-refractivity contribution is 0.0623. The maximum atomic E-state index is 13.1. The van der Waals surface area contributed by atoms with Crippen LogP contribution in [0.1, 0.15) is 27.9 Å². The third-order valence-corrected chi connectivity index (χ3v) is 5.35. The fourth-order valence-corrected chi connectivity index (χ4v) is 4.08. The number of hydrogen-bond acceptors (Lipinski definition) is 2. The number of para-hydroxylation sites is 1. The second kappa shape index (κ2) is 6.10. The average molecular weight is 350 g/mol. The van der Waals surface area contributed by atoms with Crippen molar-refractivity contribution >= 4 is 16.6 Å². The van der Waals surface area contributed by atoms with Crippen LogP contribution in [0.15, 0.2) is 97.1 Å². The quantitative estimate of drug-likeness (QED) is 0.460. The number of carbonyl (C=O) groups is 1. The Balaban J connectivity index is 1.83. The van der Waals surface area contributed by atoms with Crippen molar-refractivity contribution in [1.82, 2.24) is 0 Å². The van der Waals surface area contributed by atoms with Crippen LogP contribution in [-0.4, -0.2) is 5.78 Å². The van der Waals surface area contributed by atoms with E-state index in [0.29, 0.717) is 11.3 Å². The molecule has 0 aromatic heterocycles. The first-order valence-corrected chi connectivity index (χ1v) is 9.13. The second-order valence-corrected chi connectivity index (χ2v) is 6.92. The van der Waals surface area contributed by atoms with Gasteiger partial charge in [-0.3, -0.25) is 4.79 Å². The number of carbonyl (C=O) groups excluding carboxylic acids is 1. The van der Waals surface area contributed by atoms with Gasteiger partial charge in [0.15, 0.2) is 11.4 Å². The van der Waals surface area contributed by atoms with Crippen LogP contribution in [0.5, 0.6) is 5.75 Å². The molecule has 4 aromatic carbocycles. The Morgan fingerprint density at radius 1 is 0.704 bits per heavy atom. The van der Waals surface area contributed by atoms with Crippen molar-refractivity contribution in [3.63, 3.8) is 0 Å². The maximum absolute atomic E-state index is 13.1. The summed E-state index contributed by atoms with van der Waals surface area (Å²) >= 11 is 0. The van der Waals surface area contributed by atoms with Gasteiger partial charge in [0.05, 0.1) is 12.0 Å². The Morgan fingerprint density at radius 2 is 1.41 bits per heavy atom. The number of hydrogen-bond donors (Lipinski definition) is 0. The van der Waals surface area contributed by atoms with E-state index in [9.17, 15) is 4.79 Å². The van der Waals surface area contributed by atoms with Gasteiger partial charge in [-0.2, -0.15) is 0 Å². The Bertz CT molecular complexity index is 1140. The van der Waals surface area contributed by atoms with Gasteiger partial charge in [-0.05, 0) is 22.9 Å². The molecule has 27 heavy (non-hydrogen) atoms. The predicted molar refractivity (Wildman–Crippen MR) is 107 cm³/mol. The summed E-state index contributed by atoms with van der Waals surface area (Å²) in [6.07, 6.45) is 0.280.